The second-order valence-electron chi connectivity index (χ2n) is 4.27. The van der Waals surface area contributed by atoms with Crippen LogP contribution in [0.4, 0.5) is 0 Å². The Morgan fingerprint density at radius 3 is 2.14 bits per heavy atom. The van der Waals surface area contributed by atoms with Crippen LogP contribution in [0.15, 0.2) is 48.3 Å². The molecule has 0 saturated carbocycles. The minimum Gasteiger partial charge on any atom is -0.478 e. The number of aryl methyl sites for hydroxylation is 1. The quantitative estimate of drug-likeness (QED) is 0.643. The molecule has 0 spiro atoms. The highest BCUT2D eigenvalue weighted by atomic mass is 16.5. The summed E-state index contributed by atoms with van der Waals surface area (Å²) in [7, 11) is 0. The molecule has 0 heterocycles. The summed E-state index contributed by atoms with van der Waals surface area (Å²) in [5.74, 6) is -1.19. The van der Waals surface area contributed by atoms with Gasteiger partial charge < -0.3 is 14.9 Å². The zero-order valence-corrected chi connectivity index (χ0v) is 12.4. The first-order chi connectivity index (χ1) is 9.79. The van der Waals surface area contributed by atoms with Gasteiger partial charge in [0.15, 0.2) is 0 Å². The highest BCUT2D eigenvalue weighted by Gasteiger charge is 2.02. The third-order valence-corrected chi connectivity index (χ3v) is 2.42. The number of ether oxygens (including phenoxy) is 1. The largest absolute Gasteiger partial charge is 0.478 e. The van der Waals surface area contributed by atoms with E-state index in [0.29, 0.717) is 5.75 Å². The second kappa shape index (κ2) is 9.36. The molecule has 0 aliphatic heterocycles. The zero-order chi connectivity index (χ0) is 16.4. The second-order valence-corrected chi connectivity index (χ2v) is 4.27. The van der Waals surface area contributed by atoms with Crippen LogP contribution in [0.1, 0.15) is 26.3 Å². The Hall–Kier alpha value is -2.56. The van der Waals surface area contributed by atoms with Crippen LogP contribution in [0.3, 0.4) is 0 Å². The van der Waals surface area contributed by atoms with Crippen LogP contribution in [0.5, 0.6) is 5.75 Å². The molecular weight excluding hydrogens is 272 g/mol. The minimum absolute atomic E-state index is 0.176. The van der Waals surface area contributed by atoms with Gasteiger partial charge in [0.1, 0.15) is 12.0 Å². The van der Waals surface area contributed by atoms with Gasteiger partial charge in [-0.1, -0.05) is 31.7 Å². The van der Waals surface area contributed by atoms with Crippen molar-refractivity contribution in [2.24, 2.45) is 0 Å². The first kappa shape index (κ1) is 18.4. The van der Waals surface area contributed by atoms with Gasteiger partial charge >= 0.3 is 11.9 Å². The van der Waals surface area contributed by atoms with Crippen LogP contribution in [-0.2, 0) is 16.0 Å². The van der Waals surface area contributed by atoms with Crippen LogP contribution in [-0.4, -0.2) is 22.2 Å². The standard InChI is InChI=1S/C12H14O3.C4H6O2/c1-3-10-6-4-5-7-11(10)15-8-9(2)12(13)14;1-3(2)4(5)6/h4-8H,3H2,1-2H3,(H,13,14);1H2,2H3,(H,5,6). The van der Waals surface area contributed by atoms with Crippen molar-refractivity contribution in [3.05, 3.63) is 53.8 Å². The van der Waals surface area contributed by atoms with E-state index in [4.69, 9.17) is 14.9 Å². The number of benzene rings is 1. The molecule has 5 nitrogen and oxygen atoms in total. The van der Waals surface area contributed by atoms with Gasteiger partial charge in [-0.25, -0.2) is 9.59 Å². The van der Waals surface area contributed by atoms with Gasteiger partial charge in [0.05, 0.1) is 5.57 Å². The normalized spacial score (nSPS) is 10.1. The van der Waals surface area contributed by atoms with Gasteiger partial charge in [-0.15, -0.1) is 0 Å². The van der Waals surface area contributed by atoms with Crippen molar-refractivity contribution in [3.63, 3.8) is 0 Å². The lowest BCUT2D eigenvalue weighted by molar-refractivity contribution is -0.133. The summed E-state index contributed by atoms with van der Waals surface area (Å²) < 4.78 is 5.31. The molecule has 0 atom stereocenters. The predicted molar refractivity (Wildman–Crippen MR) is 80.3 cm³/mol. The molecule has 0 radical (unpaired) electrons. The van der Waals surface area contributed by atoms with Gasteiger partial charge in [-0.2, -0.15) is 0 Å². The molecule has 0 unspecified atom stereocenters. The molecule has 2 N–H and O–H groups in total. The Kier molecular flexibility index (Phi) is 8.22. The molecule has 0 saturated heterocycles. The van der Waals surface area contributed by atoms with E-state index in [1.54, 1.807) is 0 Å². The van der Waals surface area contributed by atoms with Crippen molar-refractivity contribution in [1.29, 1.82) is 0 Å². The summed E-state index contributed by atoms with van der Waals surface area (Å²) in [6.07, 6.45) is 2.12. The fraction of sp³-hybridized carbons (Fsp3) is 0.250. The van der Waals surface area contributed by atoms with E-state index >= 15 is 0 Å². The summed E-state index contributed by atoms with van der Waals surface area (Å²) in [6.45, 7) is 8.12. The molecule has 1 rings (SSSR count). The highest BCUT2D eigenvalue weighted by Crippen LogP contribution is 2.18. The molecule has 114 valence electrons. The average molecular weight is 292 g/mol. The lowest BCUT2D eigenvalue weighted by Crippen LogP contribution is -1.99. The molecule has 0 amide bonds. The fourth-order valence-corrected chi connectivity index (χ4v) is 1.11. The third-order valence-electron chi connectivity index (χ3n) is 2.42. The van der Waals surface area contributed by atoms with Crippen molar-refractivity contribution in [1.82, 2.24) is 0 Å². The van der Waals surface area contributed by atoms with Crippen LogP contribution in [0.25, 0.3) is 0 Å². The Labute approximate surface area is 124 Å². The Morgan fingerprint density at radius 1 is 1.19 bits per heavy atom. The molecule has 1 aromatic carbocycles. The summed E-state index contributed by atoms with van der Waals surface area (Å²) in [4.78, 5) is 20.1. The van der Waals surface area contributed by atoms with Crippen molar-refractivity contribution < 1.29 is 24.5 Å². The lowest BCUT2D eigenvalue weighted by Gasteiger charge is -2.06. The summed E-state index contributed by atoms with van der Waals surface area (Å²) in [5.41, 5.74) is 1.42. The monoisotopic (exact) mass is 292 g/mol. The van der Waals surface area contributed by atoms with Gasteiger partial charge in [-0.05, 0) is 31.9 Å². The topological polar surface area (TPSA) is 83.8 Å². The first-order valence-corrected chi connectivity index (χ1v) is 6.33. The van der Waals surface area contributed by atoms with Crippen LogP contribution in [0, 0.1) is 0 Å². The molecule has 5 heteroatoms. The van der Waals surface area contributed by atoms with Gasteiger partial charge in [0.25, 0.3) is 0 Å². The Bertz CT molecular complexity index is 531. The first-order valence-electron chi connectivity index (χ1n) is 6.33. The average Bonchev–Trinajstić information content (AvgIpc) is 2.45. The molecule has 0 bridgehead atoms. The van der Waals surface area contributed by atoms with Crippen LogP contribution >= 0.6 is 0 Å². The minimum atomic E-state index is -0.969. The van der Waals surface area contributed by atoms with E-state index in [-0.39, 0.29) is 11.1 Å². The summed E-state index contributed by atoms with van der Waals surface area (Å²) in [5, 5.41) is 16.5. The van der Waals surface area contributed by atoms with Gasteiger partial charge in [-0.3, -0.25) is 0 Å². The number of para-hydroxylation sites is 1. The van der Waals surface area contributed by atoms with E-state index in [0.717, 1.165) is 12.0 Å². The number of hydrogen-bond acceptors (Lipinski definition) is 3. The maximum atomic E-state index is 10.5. The number of aliphatic carboxylic acids is 2. The third kappa shape index (κ3) is 7.57. The van der Waals surface area contributed by atoms with Gasteiger partial charge in [0, 0.05) is 5.57 Å². The van der Waals surface area contributed by atoms with Crippen molar-refractivity contribution in [3.8, 4) is 5.75 Å². The predicted octanol–water partition coefficient (Wildman–Crippen LogP) is 3.26. The van der Waals surface area contributed by atoms with Crippen LogP contribution in [0.2, 0.25) is 0 Å². The number of carboxylic acids is 2. The SMILES string of the molecule is C=C(C)C(=O)O.CCc1ccccc1OC=C(C)C(=O)O. The maximum Gasteiger partial charge on any atom is 0.334 e. The lowest BCUT2D eigenvalue weighted by atomic mass is 10.1. The summed E-state index contributed by atoms with van der Waals surface area (Å²) in [6, 6.07) is 7.57. The molecule has 0 aliphatic carbocycles. The molecular formula is C16H20O5. The van der Waals surface area contributed by atoms with E-state index in [1.807, 2.05) is 31.2 Å². The maximum absolute atomic E-state index is 10.5. The summed E-state index contributed by atoms with van der Waals surface area (Å²) >= 11 is 0. The number of carboxylic acid groups (broad SMARTS) is 2. The van der Waals surface area contributed by atoms with Crippen molar-refractivity contribution in [2.45, 2.75) is 27.2 Å². The van der Waals surface area contributed by atoms with Gasteiger partial charge in [0.2, 0.25) is 0 Å². The van der Waals surface area contributed by atoms with Crippen LogP contribution < -0.4 is 4.74 Å². The fourth-order valence-electron chi connectivity index (χ4n) is 1.11. The molecule has 0 aromatic heterocycles. The Morgan fingerprint density at radius 2 is 1.71 bits per heavy atom. The molecule has 0 aliphatic rings. The number of hydrogen-bond donors (Lipinski definition) is 2. The highest BCUT2D eigenvalue weighted by molar-refractivity contribution is 5.85. The number of rotatable bonds is 5. The van der Waals surface area contributed by atoms with Crippen molar-refractivity contribution in [2.75, 3.05) is 0 Å². The molecule has 1 aromatic rings. The smallest absolute Gasteiger partial charge is 0.334 e. The Balaban J connectivity index is 0.000000567. The number of carbonyl (C=O) groups is 2. The molecule has 21 heavy (non-hydrogen) atoms. The van der Waals surface area contributed by atoms with E-state index in [2.05, 4.69) is 6.58 Å². The van der Waals surface area contributed by atoms with E-state index in [9.17, 15) is 9.59 Å². The van der Waals surface area contributed by atoms with E-state index in [1.165, 1.54) is 20.1 Å². The van der Waals surface area contributed by atoms with Crippen molar-refractivity contribution >= 4 is 11.9 Å². The van der Waals surface area contributed by atoms with E-state index < -0.39 is 11.9 Å². The zero-order valence-electron chi connectivity index (χ0n) is 12.4. The molecule has 0 fully saturated rings.